The Hall–Kier alpha value is -2.22. The van der Waals surface area contributed by atoms with Gasteiger partial charge in [0.25, 0.3) is 0 Å². The van der Waals surface area contributed by atoms with E-state index >= 15 is 0 Å². The first-order valence-corrected chi connectivity index (χ1v) is 12.8. The monoisotopic (exact) mass is 503 g/mol. The Balaban J connectivity index is 1.50. The maximum atomic E-state index is 13.8. The van der Waals surface area contributed by atoms with E-state index in [1.54, 1.807) is 6.07 Å². The molecule has 1 fully saturated rings. The molecule has 0 saturated heterocycles. The lowest BCUT2D eigenvalue weighted by Crippen LogP contribution is -2.52. The van der Waals surface area contributed by atoms with E-state index in [9.17, 15) is 14.3 Å². The zero-order valence-electron chi connectivity index (χ0n) is 20.6. The van der Waals surface area contributed by atoms with E-state index in [1.807, 2.05) is 6.20 Å². The van der Waals surface area contributed by atoms with Gasteiger partial charge in [0.15, 0.2) is 0 Å². The van der Waals surface area contributed by atoms with Crippen molar-refractivity contribution in [2.75, 3.05) is 6.54 Å². The van der Waals surface area contributed by atoms with Crippen molar-refractivity contribution in [3.05, 3.63) is 58.0 Å². The number of hydrogen-bond acceptors (Lipinski definition) is 5. The van der Waals surface area contributed by atoms with Crippen LogP contribution in [0.5, 0.6) is 5.88 Å². The number of aliphatic hydroxyl groups excluding tert-OH is 1. The van der Waals surface area contributed by atoms with Crippen molar-refractivity contribution >= 4 is 17.5 Å². The average Bonchev–Trinajstić information content (AvgIpc) is 2.74. The Kier molecular flexibility index (Phi) is 7.99. The van der Waals surface area contributed by atoms with Crippen LogP contribution in [-0.4, -0.2) is 40.3 Å². The highest BCUT2D eigenvalue weighted by Gasteiger charge is 2.46. The lowest BCUT2D eigenvalue weighted by Gasteiger charge is -2.47. The predicted octanol–water partition coefficient (Wildman–Crippen LogP) is 4.52. The zero-order valence-corrected chi connectivity index (χ0v) is 21.4. The summed E-state index contributed by atoms with van der Waals surface area (Å²) >= 11 is 6.00. The molecule has 1 amide bonds. The van der Waals surface area contributed by atoms with Crippen LogP contribution in [0.1, 0.15) is 69.2 Å². The van der Waals surface area contributed by atoms with Gasteiger partial charge >= 0.3 is 0 Å². The van der Waals surface area contributed by atoms with E-state index in [0.29, 0.717) is 17.4 Å². The highest BCUT2D eigenvalue weighted by molar-refractivity contribution is 6.30. The van der Waals surface area contributed by atoms with Crippen LogP contribution in [0, 0.1) is 11.7 Å². The molecule has 3 atom stereocenters. The van der Waals surface area contributed by atoms with Crippen molar-refractivity contribution in [2.24, 2.45) is 5.92 Å². The molecule has 4 rings (SSSR count). The normalized spacial score (nSPS) is 20.0. The summed E-state index contributed by atoms with van der Waals surface area (Å²) in [7, 11) is 0. The summed E-state index contributed by atoms with van der Waals surface area (Å²) in [4.78, 5) is 16.5. The van der Waals surface area contributed by atoms with Crippen LogP contribution in [0.4, 0.5) is 4.39 Å². The number of nitrogens with zero attached hydrogens (tertiary/aromatic N) is 1. The van der Waals surface area contributed by atoms with Gasteiger partial charge < -0.3 is 20.5 Å². The zero-order chi connectivity index (χ0) is 25.2. The molecule has 1 spiro atoms. The standard InChI is InChI=1S/C27H35ClFN3O3/c1-16(2)7-19-10-22-24(13-27(5-4-6-27)35-26(22)31-14-19)30-15-25(34)23(32-17(3)33)11-18-8-20(28)12-21(29)9-18/h8-10,12,14,16,23-25,30,34H,4-7,11,13,15H2,1-3H3,(H,32,33)/t23-,24-,25+/m0/s1. The summed E-state index contributed by atoms with van der Waals surface area (Å²) in [6, 6.07) is 5.80. The second-order valence-electron chi connectivity index (χ2n) is 10.5. The Morgan fingerprint density at radius 1 is 1.26 bits per heavy atom. The van der Waals surface area contributed by atoms with E-state index in [4.69, 9.17) is 16.3 Å². The minimum Gasteiger partial charge on any atom is -0.471 e. The highest BCUT2D eigenvalue weighted by Crippen LogP contribution is 2.48. The van der Waals surface area contributed by atoms with Crippen LogP contribution in [0.3, 0.4) is 0 Å². The molecule has 1 aliphatic heterocycles. The SMILES string of the molecule is CC(=O)N[C@@H](Cc1cc(F)cc(Cl)c1)[C@H](O)CN[C@H]1CC2(CCC2)Oc2ncc(CC(C)C)cc21. The molecule has 0 radical (unpaired) electrons. The maximum Gasteiger partial charge on any atom is 0.218 e. The van der Waals surface area contributed by atoms with E-state index in [1.165, 1.54) is 24.6 Å². The minimum atomic E-state index is -0.892. The lowest BCUT2D eigenvalue weighted by molar-refractivity contribution is -0.120. The molecule has 190 valence electrons. The molecule has 1 aromatic heterocycles. The van der Waals surface area contributed by atoms with Gasteiger partial charge in [-0.3, -0.25) is 4.79 Å². The number of aliphatic hydroxyl groups is 1. The first kappa shape index (κ1) is 25.9. The summed E-state index contributed by atoms with van der Waals surface area (Å²) in [5.41, 5.74) is 2.59. The van der Waals surface area contributed by atoms with Crippen LogP contribution in [-0.2, 0) is 17.6 Å². The molecule has 1 aromatic carbocycles. The van der Waals surface area contributed by atoms with E-state index in [0.717, 1.165) is 37.7 Å². The molecule has 6 nitrogen and oxygen atoms in total. The molecule has 2 aromatic rings. The van der Waals surface area contributed by atoms with Gasteiger partial charge in [0.05, 0.1) is 12.1 Å². The van der Waals surface area contributed by atoms with Crippen LogP contribution < -0.4 is 15.4 Å². The number of halogens is 2. The fourth-order valence-electron chi connectivity index (χ4n) is 5.15. The number of rotatable bonds is 9. The Labute approximate surface area is 211 Å². The molecule has 0 bridgehead atoms. The van der Waals surface area contributed by atoms with E-state index in [2.05, 4.69) is 35.5 Å². The smallest absolute Gasteiger partial charge is 0.218 e. The van der Waals surface area contributed by atoms with Crippen molar-refractivity contribution in [3.63, 3.8) is 0 Å². The van der Waals surface area contributed by atoms with E-state index in [-0.39, 0.29) is 35.5 Å². The molecule has 1 saturated carbocycles. The number of pyridine rings is 1. The quantitative estimate of drug-likeness (QED) is 0.468. The van der Waals surface area contributed by atoms with Crippen molar-refractivity contribution in [3.8, 4) is 5.88 Å². The third kappa shape index (κ3) is 6.51. The minimum absolute atomic E-state index is 0.0186. The van der Waals surface area contributed by atoms with Gasteiger partial charge in [-0.25, -0.2) is 9.37 Å². The predicted molar refractivity (Wildman–Crippen MR) is 134 cm³/mol. The van der Waals surface area contributed by atoms with Gasteiger partial charge in [0.1, 0.15) is 11.4 Å². The van der Waals surface area contributed by atoms with Crippen molar-refractivity contribution in [1.29, 1.82) is 0 Å². The van der Waals surface area contributed by atoms with Gasteiger partial charge in [-0.1, -0.05) is 25.4 Å². The third-order valence-corrected chi connectivity index (χ3v) is 7.13. The molecule has 2 heterocycles. The number of benzene rings is 1. The second kappa shape index (κ2) is 10.8. The van der Waals surface area contributed by atoms with Gasteiger partial charge in [-0.15, -0.1) is 0 Å². The first-order chi connectivity index (χ1) is 16.6. The number of nitrogens with one attached hydrogen (secondary N) is 2. The first-order valence-electron chi connectivity index (χ1n) is 12.4. The lowest BCUT2D eigenvalue weighted by atomic mass is 9.73. The number of carbonyl (C=O) groups excluding carboxylic acids is 1. The largest absolute Gasteiger partial charge is 0.471 e. The topological polar surface area (TPSA) is 83.5 Å². The van der Waals surface area contributed by atoms with Gasteiger partial charge in [0.2, 0.25) is 11.8 Å². The van der Waals surface area contributed by atoms with Crippen molar-refractivity contribution in [2.45, 2.75) is 83.1 Å². The number of aromatic nitrogens is 1. The van der Waals surface area contributed by atoms with Gasteiger partial charge in [0, 0.05) is 42.7 Å². The number of fused-ring (bicyclic) bond motifs is 1. The fourth-order valence-corrected chi connectivity index (χ4v) is 5.40. The van der Waals surface area contributed by atoms with Crippen LogP contribution >= 0.6 is 11.6 Å². The molecule has 8 heteroatoms. The van der Waals surface area contributed by atoms with Crippen LogP contribution in [0.15, 0.2) is 30.5 Å². The van der Waals surface area contributed by atoms with E-state index < -0.39 is 18.0 Å². The number of amides is 1. The average molecular weight is 504 g/mol. The second-order valence-corrected chi connectivity index (χ2v) is 10.9. The maximum absolute atomic E-state index is 13.8. The van der Waals surface area contributed by atoms with Gasteiger partial charge in [-0.05, 0) is 73.4 Å². The van der Waals surface area contributed by atoms with Crippen LogP contribution in [0.25, 0.3) is 0 Å². The summed E-state index contributed by atoms with van der Waals surface area (Å²) in [6.45, 7) is 6.02. The Bertz CT molecular complexity index is 1040. The summed E-state index contributed by atoms with van der Waals surface area (Å²) in [5.74, 6) is 0.475. The molecular formula is C27H35ClFN3O3. The molecule has 2 aliphatic rings. The highest BCUT2D eigenvalue weighted by atomic mass is 35.5. The third-order valence-electron chi connectivity index (χ3n) is 6.91. The number of hydrogen-bond donors (Lipinski definition) is 3. The van der Waals surface area contributed by atoms with Crippen LogP contribution in [0.2, 0.25) is 5.02 Å². The Morgan fingerprint density at radius 2 is 2.03 bits per heavy atom. The summed E-state index contributed by atoms with van der Waals surface area (Å²) in [5, 5.41) is 17.7. The number of ether oxygens (including phenoxy) is 1. The Morgan fingerprint density at radius 3 is 2.66 bits per heavy atom. The number of carbonyl (C=O) groups is 1. The van der Waals surface area contributed by atoms with Crippen molar-refractivity contribution in [1.82, 2.24) is 15.6 Å². The fraction of sp³-hybridized carbons (Fsp3) is 0.556. The molecule has 35 heavy (non-hydrogen) atoms. The van der Waals surface area contributed by atoms with Gasteiger partial charge in [-0.2, -0.15) is 0 Å². The summed E-state index contributed by atoms with van der Waals surface area (Å²) in [6.07, 6.45) is 6.14. The molecule has 1 aliphatic carbocycles. The molecule has 0 unspecified atom stereocenters. The summed E-state index contributed by atoms with van der Waals surface area (Å²) < 4.78 is 20.2. The van der Waals surface area contributed by atoms with Crippen molar-refractivity contribution < 1.29 is 19.0 Å². The molecular weight excluding hydrogens is 469 g/mol. The molecule has 3 N–H and O–H groups in total.